The lowest BCUT2D eigenvalue weighted by Crippen LogP contribution is -2.67. The van der Waals surface area contributed by atoms with E-state index in [1.165, 1.54) is 0 Å². The van der Waals surface area contributed by atoms with Crippen LogP contribution in [0.4, 0.5) is 18.4 Å². The van der Waals surface area contributed by atoms with E-state index in [0.717, 1.165) is 12.3 Å². The van der Waals surface area contributed by atoms with Crippen molar-refractivity contribution in [3.05, 3.63) is 12.3 Å². The zero-order valence-electron chi connectivity index (χ0n) is 21.1. The van der Waals surface area contributed by atoms with Crippen LogP contribution < -0.4 is 11.1 Å². The molecule has 2 aliphatic rings. The fourth-order valence-electron chi connectivity index (χ4n) is 3.48. The molecule has 0 aromatic rings. The maximum Gasteiger partial charge on any atom is 0.506 e. The number of rotatable bonds is 5. The number of carboxylic acid groups (broad SMARTS) is 1. The number of nitrogens with two attached hydrogens (primary N) is 1. The summed E-state index contributed by atoms with van der Waals surface area (Å²) in [5, 5.41) is 21.8. The number of esters is 1. The molecule has 2 aliphatic heterocycles. The van der Waals surface area contributed by atoms with Crippen molar-refractivity contribution in [1.82, 2.24) is 10.2 Å². The van der Waals surface area contributed by atoms with Crippen molar-refractivity contribution in [3.8, 4) is 0 Å². The average molecular weight is 524 g/mol. The predicted octanol–water partition coefficient (Wildman–Crippen LogP) is 2.35. The highest BCUT2D eigenvalue weighted by atomic mass is 28.3. The summed E-state index contributed by atoms with van der Waals surface area (Å²) in [7, 11) is -2.78. The molecule has 1 fully saturated rings. The zero-order valence-corrected chi connectivity index (χ0v) is 22.1. The number of ether oxygens (including phenoxy) is 3. The minimum Gasteiger partial charge on any atom is -0.457 e. The number of amides is 2. The molecule has 2 rings (SSSR count). The summed E-state index contributed by atoms with van der Waals surface area (Å²) in [5.74, 6) is -5.08. The third-order valence-electron chi connectivity index (χ3n) is 6.54. The molecule has 5 atom stereocenters. The normalized spacial score (nSPS) is 30.0. The molecular weight excluding hydrogens is 488 g/mol. The number of nitrogens with zero attached hydrogens (tertiary/aromatic N) is 1. The number of urea groups is 1. The number of hydrogen-bond donors (Lipinski definition) is 4. The van der Waals surface area contributed by atoms with Crippen LogP contribution in [0, 0.1) is 0 Å². The van der Waals surface area contributed by atoms with Gasteiger partial charge >= 0.3 is 24.1 Å². The average Bonchev–Trinajstić information content (AvgIpc) is 2.89. The van der Waals surface area contributed by atoms with Crippen molar-refractivity contribution in [2.24, 2.45) is 5.73 Å². The van der Waals surface area contributed by atoms with E-state index < -0.39 is 72.6 Å². The van der Waals surface area contributed by atoms with Crippen molar-refractivity contribution < 1.29 is 47.6 Å². The summed E-state index contributed by atoms with van der Waals surface area (Å²) in [6.07, 6.45) is -6.71. The van der Waals surface area contributed by atoms with Gasteiger partial charge in [-0.05, 0) is 31.9 Å². The van der Waals surface area contributed by atoms with Crippen molar-refractivity contribution in [3.63, 3.8) is 0 Å². The zero-order chi connectivity index (χ0) is 27.4. The monoisotopic (exact) mass is 523 g/mol. The lowest BCUT2D eigenvalue weighted by molar-refractivity contribution is -0.162. The van der Waals surface area contributed by atoms with Crippen LogP contribution in [0.1, 0.15) is 41.5 Å². The Hall–Kier alpha value is -2.29. The first-order valence-corrected chi connectivity index (χ1v) is 14.1. The molecular formula is C21H35F2N3O8Si. The van der Waals surface area contributed by atoms with Gasteiger partial charge in [0.05, 0.1) is 13.8 Å². The van der Waals surface area contributed by atoms with E-state index in [1.807, 2.05) is 20.8 Å². The third-order valence-corrected chi connectivity index (χ3v) is 12.2. The van der Waals surface area contributed by atoms with Gasteiger partial charge in [-0.2, -0.15) is 8.78 Å². The first kappa shape index (κ1) is 28.9. The summed E-state index contributed by atoms with van der Waals surface area (Å²) in [4.78, 5) is 36.9. The number of aliphatic hydroxyl groups excluding tert-OH is 1. The number of nitrogens with one attached hydrogen (secondary N) is 1. The smallest absolute Gasteiger partial charge is 0.457 e. The predicted molar refractivity (Wildman–Crippen MR) is 122 cm³/mol. The van der Waals surface area contributed by atoms with Gasteiger partial charge in [-0.15, -0.1) is 0 Å². The molecule has 11 nitrogen and oxygen atoms in total. The van der Waals surface area contributed by atoms with Crippen LogP contribution in [-0.2, 0) is 19.0 Å². The highest BCUT2D eigenvalue weighted by Gasteiger charge is 2.68. The van der Waals surface area contributed by atoms with Crippen molar-refractivity contribution >= 4 is 26.2 Å². The van der Waals surface area contributed by atoms with E-state index in [9.17, 15) is 19.5 Å². The minimum absolute atomic E-state index is 0.437. The summed E-state index contributed by atoms with van der Waals surface area (Å²) >= 11 is 0. The summed E-state index contributed by atoms with van der Waals surface area (Å²) in [6, 6.07) is -1.22. The molecule has 0 aromatic carbocycles. The van der Waals surface area contributed by atoms with E-state index >= 15 is 8.78 Å². The molecule has 0 aliphatic carbocycles. The number of halogens is 2. The fourth-order valence-corrected chi connectivity index (χ4v) is 5.45. The maximum absolute atomic E-state index is 15.5. The summed E-state index contributed by atoms with van der Waals surface area (Å²) in [5.41, 5.74) is 1.37. The third kappa shape index (κ3) is 5.60. The molecule has 0 aromatic heterocycles. The number of carbonyl (C=O) groups excluding carboxylic acids is 2. The van der Waals surface area contributed by atoms with Crippen LogP contribution in [0.3, 0.4) is 0 Å². The molecule has 0 saturated carbocycles. The molecule has 200 valence electrons. The van der Waals surface area contributed by atoms with Gasteiger partial charge in [0.25, 0.3) is 0 Å². The molecule has 1 saturated heterocycles. The van der Waals surface area contributed by atoms with E-state index in [1.54, 1.807) is 33.9 Å². The fraction of sp³-hybridized carbons (Fsp3) is 0.762. The van der Waals surface area contributed by atoms with E-state index in [0.29, 0.717) is 4.90 Å². The van der Waals surface area contributed by atoms with Crippen molar-refractivity contribution in [1.29, 1.82) is 0 Å². The Morgan fingerprint density at radius 1 is 1.26 bits per heavy atom. The number of aliphatic hydroxyl groups is 1. The Bertz CT molecular complexity index is 902. The molecule has 2 amide bonds. The SMILES string of the molecule is CC(C)(C)OC(=O)C1(N)C=CN([C@@H]2O[C@H](C(O)[Si](C)(C)C(C)(C)C)[C@@H](OC(=O)O)C2(F)F)C(=O)N1. The summed E-state index contributed by atoms with van der Waals surface area (Å²) in [6.45, 7) is 13.7. The minimum atomic E-state index is -4.06. The highest BCUT2D eigenvalue weighted by molar-refractivity contribution is 6.81. The molecule has 0 spiro atoms. The van der Waals surface area contributed by atoms with Crippen LogP contribution in [0.15, 0.2) is 12.3 Å². The lowest BCUT2D eigenvalue weighted by atomic mass is 10.1. The van der Waals surface area contributed by atoms with Gasteiger partial charge in [0, 0.05) is 6.20 Å². The molecule has 0 radical (unpaired) electrons. The van der Waals surface area contributed by atoms with E-state index in [-0.39, 0.29) is 0 Å². The van der Waals surface area contributed by atoms with Crippen LogP contribution in [0.2, 0.25) is 18.1 Å². The Balaban J connectivity index is 2.43. The molecule has 5 N–H and O–H groups in total. The van der Waals surface area contributed by atoms with Gasteiger partial charge < -0.3 is 29.7 Å². The van der Waals surface area contributed by atoms with E-state index in [4.69, 9.17) is 20.3 Å². The summed E-state index contributed by atoms with van der Waals surface area (Å²) < 4.78 is 46.0. The number of hydrogen-bond acceptors (Lipinski definition) is 8. The quantitative estimate of drug-likeness (QED) is 0.313. The van der Waals surface area contributed by atoms with Crippen LogP contribution >= 0.6 is 0 Å². The number of carbonyl (C=O) groups is 3. The van der Waals surface area contributed by atoms with Crippen molar-refractivity contribution in [2.75, 3.05) is 0 Å². The molecule has 2 heterocycles. The second-order valence-electron chi connectivity index (χ2n) is 11.4. The Kier molecular flexibility index (Phi) is 7.42. The molecule has 35 heavy (non-hydrogen) atoms. The molecule has 0 bridgehead atoms. The lowest BCUT2D eigenvalue weighted by Gasteiger charge is -2.43. The van der Waals surface area contributed by atoms with Gasteiger partial charge in [0.1, 0.15) is 11.7 Å². The van der Waals surface area contributed by atoms with Crippen LogP contribution in [-0.4, -0.2) is 82.7 Å². The first-order valence-electron chi connectivity index (χ1n) is 11.0. The first-order chi connectivity index (χ1) is 15.5. The second-order valence-corrected chi connectivity index (χ2v) is 16.9. The maximum atomic E-state index is 15.5. The van der Waals surface area contributed by atoms with Gasteiger partial charge in [-0.3, -0.25) is 10.6 Å². The van der Waals surface area contributed by atoms with Crippen LogP contribution in [0.5, 0.6) is 0 Å². The topological polar surface area (TPSA) is 161 Å². The Labute approximate surface area is 203 Å². The largest absolute Gasteiger partial charge is 0.506 e. The second kappa shape index (κ2) is 8.98. The van der Waals surface area contributed by atoms with Gasteiger partial charge in [0.2, 0.25) is 18.0 Å². The Morgan fingerprint density at radius 2 is 1.80 bits per heavy atom. The molecule has 2 unspecified atom stereocenters. The molecule has 14 heteroatoms. The van der Waals surface area contributed by atoms with Crippen LogP contribution in [0.25, 0.3) is 0 Å². The van der Waals surface area contributed by atoms with Crippen molar-refractivity contribution in [2.45, 2.75) is 101 Å². The Morgan fingerprint density at radius 3 is 2.23 bits per heavy atom. The highest BCUT2D eigenvalue weighted by Crippen LogP contribution is 2.46. The van der Waals surface area contributed by atoms with E-state index in [2.05, 4.69) is 10.1 Å². The van der Waals surface area contributed by atoms with Gasteiger partial charge in [0.15, 0.2) is 0 Å². The standard InChI is InChI=1S/C21H35F2N3O8Si/c1-18(2,3)34-15(28)20(24)9-10-26(16(29)25-20)14-21(22,23)12(33-17(30)31)11(32-14)13(27)35(7,8)19(4,5)6/h9-14,27H,24H2,1-8H3,(H,25,29)(H,30,31)/t11-,12+,13?,14+,20?/m0/s1. The van der Waals surface area contributed by atoms with Gasteiger partial charge in [-0.25, -0.2) is 14.4 Å². The van der Waals surface area contributed by atoms with Gasteiger partial charge in [-0.1, -0.05) is 33.9 Å². The number of alkyl halides is 2.